The molecular weight excluding hydrogens is 585 g/mol. The lowest BCUT2D eigenvalue weighted by Gasteiger charge is -2.11. The van der Waals surface area contributed by atoms with Gasteiger partial charge in [-0.1, -0.05) is 121 Å². The van der Waals surface area contributed by atoms with E-state index in [2.05, 4.69) is 168 Å². The highest BCUT2D eigenvalue weighted by atomic mass is 16.3. The minimum Gasteiger partial charge on any atom is -0.456 e. The van der Waals surface area contributed by atoms with Crippen molar-refractivity contribution in [3.8, 4) is 39.3 Å². The van der Waals surface area contributed by atoms with Crippen LogP contribution in [0.5, 0.6) is 0 Å². The lowest BCUT2D eigenvalue weighted by atomic mass is 9.98. The average molecular weight is 613 g/mol. The van der Waals surface area contributed by atoms with Crippen molar-refractivity contribution in [2.45, 2.75) is 0 Å². The lowest BCUT2D eigenvalue weighted by molar-refractivity contribution is 0.668. The number of para-hydroxylation sites is 1. The van der Waals surface area contributed by atoms with Gasteiger partial charge >= 0.3 is 0 Å². The Morgan fingerprint density at radius 1 is 0.438 bits per heavy atom. The number of pyridine rings is 1. The highest BCUT2D eigenvalue weighted by Gasteiger charge is 2.18. The molecule has 0 bridgehead atoms. The van der Waals surface area contributed by atoms with E-state index in [-0.39, 0.29) is 0 Å². The van der Waals surface area contributed by atoms with Gasteiger partial charge in [0.2, 0.25) is 0 Å². The van der Waals surface area contributed by atoms with Gasteiger partial charge in [0.1, 0.15) is 11.2 Å². The van der Waals surface area contributed by atoms with E-state index in [0.29, 0.717) is 0 Å². The third-order valence-corrected chi connectivity index (χ3v) is 9.58. The molecule has 0 aliphatic rings. The van der Waals surface area contributed by atoms with Crippen LogP contribution in [0.15, 0.2) is 174 Å². The van der Waals surface area contributed by atoms with Crippen molar-refractivity contribution in [2.75, 3.05) is 0 Å². The summed E-state index contributed by atoms with van der Waals surface area (Å²) in [6.07, 6.45) is 0. The van der Waals surface area contributed by atoms with Gasteiger partial charge in [0.15, 0.2) is 0 Å². The first-order valence-corrected chi connectivity index (χ1v) is 16.3. The Hall–Kier alpha value is -6.45. The molecule has 0 amide bonds. The van der Waals surface area contributed by atoms with Crippen LogP contribution in [0.2, 0.25) is 0 Å². The van der Waals surface area contributed by atoms with Gasteiger partial charge in [0.05, 0.1) is 22.4 Å². The van der Waals surface area contributed by atoms with E-state index >= 15 is 0 Å². The topological polar surface area (TPSA) is 31.0 Å². The maximum atomic E-state index is 6.62. The van der Waals surface area contributed by atoms with Crippen molar-refractivity contribution >= 4 is 54.5 Å². The molecule has 3 nitrogen and oxygen atoms in total. The Labute approximate surface area is 277 Å². The molecule has 3 aromatic heterocycles. The van der Waals surface area contributed by atoms with Crippen LogP contribution in [-0.4, -0.2) is 9.55 Å². The van der Waals surface area contributed by atoms with E-state index in [9.17, 15) is 0 Å². The molecule has 0 aliphatic carbocycles. The molecule has 0 atom stereocenters. The van der Waals surface area contributed by atoms with Gasteiger partial charge in [-0.15, -0.1) is 0 Å². The number of nitrogens with zero attached hydrogens (tertiary/aromatic N) is 2. The Bertz CT molecular complexity index is 2830. The summed E-state index contributed by atoms with van der Waals surface area (Å²) in [5, 5.41) is 6.92. The van der Waals surface area contributed by atoms with Crippen molar-refractivity contribution < 1.29 is 4.42 Å². The maximum absolute atomic E-state index is 6.62. The largest absolute Gasteiger partial charge is 0.456 e. The molecule has 0 aliphatic heterocycles. The van der Waals surface area contributed by atoms with E-state index in [4.69, 9.17) is 9.40 Å². The summed E-state index contributed by atoms with van der Waals surface area (Å²) in [6.45, 7) is 0. The fourth-order valence-electron chi connectivity index (χ4n) is 7.38. The Morgan fingerprint density at radius 3 is 2.02 bits per heavy atom. The number of hydrogen-bond donors (Lipinski definition) is 0. The number of aromatic nitrogens is 2. The first kappa shape index (κ1) is 26.7. The van der Waals surface area contributed by atoms with E-state index in [1.807, 2.05) is 6.07 Å². The zero-order valence-electron chi connectivity index (χ0n) is 26.0. The van der Waals surface area contributed by atoms with Crippen LogP contribution in [-0.2, 0) is 0 Å². The van der Waals surface area contributed by atoms with Crippen molar-refractivity contribution in [3.63, 3.8) is 0 Å². The molecule has 0 unspecified atom stereocenters. The SMILES string of the molecule is c1ccc(-c2ccc3c(c2)c2ccccc2n3-c2ccc3c(c2)oc2cccc(-c4cc5ccccc5c(-c5ccccc5)n4)c23)cc1. The van der Waals surface area contributed by atoms with Gasteiger partial charge in [-0.3, -0.25) is 0 Å². The Morgan fingerprint density at radius 2 is 1.17 bits per heavy atom. The monoisotopic (exact) mass is 612 g/mol. The van der Waals surface area contributed by atoms with Crippen molar-refractivity contribution in [1.29, 1.82) is 0 Å². The first-order valence-electron chi connectivity index (χ1n) is 16.3. The summed E-state index contributed by atoms with van der Waals surface area (Å²) < 4.78 is 8.97. The third-order valence-electron chi connectivity index (χ3n) is 9.58. The molecule has 3 heterocycles. The van der Waals surface area contributed by atoms with Crippen LogP contribution in [0.25, 0.3) is 93.8 Å². The van der Waals surface area contributed by atoms with E-state index in [1.165, 1.54) is 32.9 Å². The molecule has 0 saturated heterocycles. The average Bonchev–Trinajstić information content (AvgIpc) is 3.70. The van der Waals surface area contributed by atoms with Gasteiger partial charge in [0, 0.05) is 49.8 Å². The molecule has 0 saturated carbocycles. The highest BCUT2D eigenvalue weighted by Crippen LogP contribution is 2.41. The molecule has 0 fully saturated rings. The van der Waals surface area contributed by atoms with Crippen LogP contribution >= 0.6 is 0 Å². The zero-order chi connectivity index (χ0) is 31.6. The van der Waals surface area contributed by atoms with Crippen molar-refractivity contribution in [1.82, 2.24) is 9.55 Å². The van der Waals surface area contributed by atoms with Crippen LogP contribution < -0.4 is 0 Å². The second-order valence-corrected chi connectivity index (χ2v) is 12.4. The highest BCUT2D eigenvalue weighted by molar-refractivity contribution is 6.14. The predicted molar refractivity (Wildman–Crippen MR) is 200 cm³/mol. The fraction of sp³-hybridized carbons (Fsp3) is 0. The molecule has 0 radical (unpaired) electrons. The molecule has 10 aromatic rings. The molecule has 0 N–H and O–H groups in total. The van der Waals surface area contributed by atoms with Gasteiger partial charge in [0.25, 0.3) is 0 Å². The molecule has 3 heteroatoms. The Kier molecular flexibility index (Phi) is 5.87. The van der Waals surface area contributed by atoms with Crippen LogP contribution in [0.4, 0.5) is 0 Å². The van der Waals surface area contributed by atoms with Gasteiger partial charge < -0.3 is 8.98 Å². The quantitative estimate of drug-likeness (QED) is 0.198. The van der Waals surface area contributed by atoms with Crippen LogP contribution in [0.3, 0.4) is 0 Å². The number of hydrogen-bond acceptors (Lipinski definition) is 2. The molecule has 7 aromatic carbocycles. The standard InChI is InChI=1S/C45H28N2O/c1-3-12-29(13-4-1)31-22-25-41-38(26-31)35-18-9-10-20-40(35)47(41)33-23-24-37-43(28-33)48-42-21-11-19-36(44(37)42)39-27-32-16-7-8-17-34(32)45(46-39)30-14-5-2-6-15-30/h1-28H. The van der Waals surface area contributed by atoms with E-state index in [1.54, 1.807) is 0 Å². The Balaban J connectivity index is 1.17. The summed E-state index contributed by atoms with van der Waals surface area (Å²) in [6, 6.07) is 60.0. The van der Waals surface area contributed by atoms with Gasteiger partial charge in [-0.05, 0) is 59.0 Å². The fourth-order valence-corrected chi connectivity index (χ4v) is 7.38. The summed E-state index contributed by atoms with van der Waals surface area (Å²) in [5.74, 6) is 0. The second-order valence-electron chi connectivity index (χ2n) is 12.4. The maximum Gasteiger partial charge on any atom is 0.137 e. The number of rotatable bonds is 4. The van der Waals surface area contributed by atoms with Crippen molar-refractivity contribution in [2.24, 2.45) is 0 Å². The zero-order valence-corrected chi connectivity index (χ0v) is 26.0. The number of fused-ring (bicyclic) bond motifs is 7. The third kappa shape index (κ3) is 4.11. The molecule has 0 spiro atoms. The van der Waals surface area contributed by atoms with Crippen molar-refractivity contribution in [3.05, 3.63) is 170 Å². The molecular formula is C45H28N2O. The molecule has 10 rings (SSSR count). The number of benzene rings is 7. The summed E-state index contributed by atoms with van der Waals surface area (Å²) in [4.78, 5) is 5.29. The van der Waals surface area contributed by atoms with E-state index < -0.39 is 0 Å². The smallest absolute Gasteiger partial charge is 0.137 e. The second kappa shape index (κ2) is 10.5. The van der Waals surface area contributed by atoms with Gasteiger partial charge in [-0.2, -0.15) is 0 Å². The normalized spacial score (nSPS) is 11.8. The molecule has 48 heavy (non-hydrogen) atoms. The summed E-state index contributed by atoms with van der Waals surface area (Å²) >= 11 is 0. The van der Waals surface area contributed by atoms with Crippen LogP contribution in [0, 0.1) is 0 Å². The van der Waals surface area contributed by atoms with Crippen LogP contribution in [0.1, 0.15) is 0 Å². The summed E-state index contributed by atoms with van der Waals surface area (Å²) in [7, 11) is 0. The van der Waals surface area contributed by atoms with E-state index in [0.717, 1.165) is 60.9 Å². The number of furan rings is 1. The first-order chi connectivity index (χ1) is 23.8. The van der Waals surface area contributed by atoms with Gasteiger partial charge in [-0.25, -0.2) is 4.98 Å². The predicted octanol–water partition coefficient (Wildman–Crippen LogP) is 12.2. The minimum absolute atomic E-state index is 0.852. The molecule has 224 valence electrons. The lowest BCUT2D eigenvalue weighted by Crippen LogP contribution is -1.93. The summed E-state index contributed by atoms with van der Waals surface area (Å²) in [5.41, 5.74) is 11.6. The minimum atomic E-state index is 0.852.